The lowest BCUT2D eigenvalue weighted by atomic mass is 10.0. The van der Waals surface area contributed by atoms with Crippen molar-refractivity contribution in [1.82, 2.24) is 29.1 Å². The first kappa shape index (κ1) is 39.0. The van der Waals surface area contributed by atoms with E-state index in [0.29, 0.717) is 16.9 Å². The van der Waals surface area contributed by atoms with Crippen LogP contribution < -0.4 is 19.9 Å². The Labute approximate surface area is 320 Å². The number of anilines is 1. The number of aromatic nitrogens is 5. The van der Waals surface area contributed by atoms with Crippen molar-refractivity contribution < 1.29 is 51.6 Å². The number of β-lactam (4-membered cyclic amide) rings is 1. The van der Waals surface area contributed by atoms with Crippen LogP contribution >= 0.6 is 23.3 Å². The van der Waals surface area contributed by atoms with Gasteiger partial charge in [0.15, 0.2) is 0 Å². The fraction of sp³-hybridized carbons (Fsp3) is 0.382. The summed E-state index contributed by atoms with van der Waals surface area (Å²) < 4.78 is 49.9. The second kappa shape index (κ2) is 16.3. The average molecular weight is 801 g/mol. The summed E-state index contributed by atoms with van der Waals surface area (Å²) in [6.07, 6.45) is 1.89. The number of pyridine rings is 1. The number of nitrogens with zero attached hydrogens (tertiary/aromatic N) is 7. The molecular weight excluding hydrogens is 765 g/mol. The Morgan fingerprint density at radius 2 is 1.93 bits per heavy atom. The van der Waals surface area contributed by atoms with Gasteiger partial charge in [0.1, 0.15) is 53.7 Å². The highest BCUT2D eigenvalue weighted by Gasteiger charge is 2.55. The van der Waals surface area contributed by atoms with Crippen LogP contribution in [0, 0.1) is 0 Å². The van der Waals surface area contributed by atoms with Crippen molar-refractivity contribution in [3.63, 3.8) is 0 Å². The molecule has 55 heavy (non-hydrogen) atoms. The maximum Gasteiger partial charge on any atom is 0.414 e. The molecule has 3 amide bonds. The van der Waals surface area contributed by atoms with Crippen LogP contribution in [0.25, 0.3) is 11.2 Å². The Kier molecular flexibility index (Phi) is 11.6. The van der Waals surface area contributed by atoms with Crippen LogP contribution in [-0.4, -0.2) is 89.9 Å². The number of fused-ring (bicyclic) bond motifs is 2. The first-order valence-corrected chi connectivity index (χ1v) is 18.5. The molecule has 0 bridgehead atoms. The summed E-state index contributed by atoms with van der Waals surface area (Å²) >= 11 is 2.06. The number of hydrogen-bond donors (Lipinski definition) is 2. The third-order valence-corrected chi connectivity index (χ3v) is 9.95. The second-order valence-corrected chi connectivity index (χ2v) is 14.8. The molecule has 0 saturated carbocycles. The van der Waals surface area contributed by atoms with Gasteiger partial charge in [0.2, 0.25) is 23.0 Å². The molecule has 290 valence electrons. The molecule has 0 aliphatic carbocycles. The fourth-order valence-corrected chi connectivity index (χ4v) is 7.45. The molecule has 0 spiro atoms. The number of carbonyl (C=O) groups excluding carboxylic acids is 4. The zero-order valence-electron chi connectivity index (χ0n) is 30.1. The van der Waals surface area contributed by atoms with Crippen LogP contribution in [0.3, 0.4) is 0 Å². The highest BCUT2D eigenvalue weighted by Crippen LogP contribution is 2.41. The van der Waals surface area contributed by atoms with E-state index in [0.717, 1.165) is 22.4 Å². The Morgan fingerprint density at radius 1 is 1.16 bits per heavy atom. The van der Waals surface area contributed by atoms with Gasteiger partial charge >= 0.3 is 24.3 Å². The summed E-state index contributed by atoms with van der Waals surface area (Å²) in [5.74, 6) is -1.60. The lowest BCUT2D eigenvalue weighted by Gasteiger charge is -2.49. The number of rotatable bonds is 13. The zero-order valence-corrected chi connectivity index (χ0v) is 31.8. The first-order chi connectivity index (χ1) is 26.3. The summed E-state index contributed by atoms with van der Waals surface area (Å²) in [6.45, 7) is 3.92. The van der Waals surface area contributed by atoms with Crippen molar-refractivity contribution in [2.24, 2.45) is 5.16 Å². The second-order valence-electron chi connectivity index (χ2n) is 12.9. The molecule has 1 saturated heterocycles. The van der Waals surface area contributed by atoms with E-state index in [9.17, 15) is 28.0 Å². The van der Waals surface area contributed by atoms with Gasteiger partial charge < -0.3 is 24.4 Å². The van der Waals surface area contributed by atoms with Gasteiger partial charge in [-0.15, -0.1) is 11.8 Å². The molecule has 21 heteroatoms. The predicted molar refractivity (Wildman–Crippen MR) is 194 cm³/mol. The Balaban J connectivity index is 1.24. The van der Waals surface area contributed by atoms with Gasteiger partial charge in [0.05, 0.1) is 13.3 Å². The summed E-state index contributed by atoms with van der Waals surface area (Å²) in [4.78, 5) is 68.4. The van der Waals surface area contributed by atoms with Crippen molar-refractivity contribution in [3.05, 3.63) is 71.6 Å². The summed E-state index contributed by atoms with van der Waals surface area (Å²) in [5.41, 5.74) is 0.399. The van der Waals surface area contributed by atoms with E-state index in [1.54, 1.807) is 68.8 Å². The smallest absolute Gasteiger partial charge is 0.414 e. The quantitative estimate of drug-likeness (QED) is 0.0656. The standard InChI is InChI=1S/C34H35F2N9O8S2/c1-6-52-41-22(25-39-32(55-42-25)40-33(49)53-34(2,3)4)27(46)38-23-28(47)45-24(30(48)51-15-18-9-11-20(50-5)12-10-18)19(16-54-29(23)45)14-43-13-7-8-21-26(43)37-17-44(21)31(35)36/h7-13,17,23,29,31H,6,14-16H2,1-5H3,(H-,38,39,40,42,46,49)/p+1/b41-22-. The fourth-order valence-electron chi connectivity index (χ4n) is 5.56. The maximum absolute atomic E-state index is 13.9. The predicted octanol–water partition coefficient (Wildman–Crippen LogP) is 3.76. The summed E-state index contributed by atoms with van der Waals surface area (Å²) in [7, 11) is 1.53. The minimum atomic E-state index is -2.82. The van der Waals surface area contributed by atoms with Crippen LogP contribution in [-0.2, 0) is 41.8 Å². The van der Waals surface area contributed by atoms with E-state index in [1.807, 2.05) is 0 Å². The van der Waals surface area contributed by atoms with E-state index in [2.05, 4.69) is 30.1 Å². The van der Waals surface area contributed by atoms with Crippen molar-refractivity contribution in [2.75, 3.05) is 24.8 Å². The Hall–Kier alpha value is -5.70. The van der Waals surface area contributed by atoms with E-state index < -0.39 is 47.4 Å². The van der Waals surface area contributed by atoms with Crippen molar-refractivity contribution in [2.45, 2.75) is 64.4 Å². The zero-order chi connectivity index (χ0) is 39.4. The molecule has 0 radical (unpaired) electrons. The molecule has 2 aliphatic rings. The highest BCUT2D eigenvalue weighted by atomic mass is 32.2. The topological polar surface area (TPSA) is 192 Å². The number of halogens is 2. The number of esters is 1. The van der Waals surface area contributed by atoms with Crippen LogP contribution in [0.2, 0.25) is 0 Å². The van der Waals surface area contributed by atoms with Gasteiger partial charge in [-0.25, -0.2) is 18.7 Å². The number of methoxy groups -OCH3 is 1. The SMILES string of the molecule is CCO/N=C(\C(=O)NC1C(=O)N2C(C(=O)OCc3ccc(OC)cc3)=C(C[n+]3cccc4c3ncn4C(F)F)CSC12)c1nsc(NC(=O)OC(C)(C)C)n1. The number of amides is 3. The number of carbonyl (C=O) groups is 4. The molecule has 2 aliphatic heterocycles. The van der Waals surface area contributed by atoms with E-state index >= 15 is 0 Å². The van der Waals surface area contributed by atoms with Crippen molar-refractivity contribution in [3.8, 4) is 5.75 Å². The van der Waals surface area contributed by atoms with Crippen LogP contribution in [0.4, 0.5) is 18.7 Å². The number of oxime groups is 1. The first-order valence-electron chi connectivity index (χ1n) is 16.7. The third kappa shape index (κ3) is 8.67. The average Bonchev–Trinajstić information content (AvgIpc) is 3.80. The minimum Gasteiger partial charge on any atom is -0.497 e. The molecule has 6 rings (SSSR count). The molecule has 2 N–H and O–H groups in total. The number of nitrogens with one attached hydrogen (secondary N) is 2. The molecular formula is C34H36F2N9O8S2+. The molecule has 2 unspecified atom stereocenters. The highest BCUT2D eigenvalue weighted by molar-refractivity contribution is 8.00. The van der Waals surface area contributed by atoms with Gasteiger partial charge in [0, 0.05) is 22.9 Å². The number of imidazole rings is 1. The van der Waals surface area contributed by atoms with Gasteiger partial charge in [-0.2, -0.15) is 18.1 Å². The molecule has 2 atom stereocenters. The van der Waals surface area contributed by atoms with Crippen LogP contribution in [0.1, 0.15) is 45.6 Å². The summed E-state index contributed by atoms with van der Waals surface area (Å²) in [6, 6.07) is 8.87. The lowest BCUT2D eigenvalue weighted by molar-refractivity contribution is -0.664. The number of benzene rings is 1. The van der Waals surface area contributed by atoms with Gasteiger partial charge in [-0.05, 0) is 62.5 Å². The monoisotopic (exact) mass is 800 g/mol. The maximum atomic E-state index is 13.9. The molecule has 5 heterocycles. The van der Waals surface area contributed by atoms with Gasteiger partial charge in [-0.1, -0.05) is 17.3 Å². The Morgan fingerprint density at radius 3 is 2.62 bits per heavy atom. The van der Waals surface area contributed by atoms with Crippen LogP contribution in [0.15, 0.2) is 65.3 Å². The van der Waals surface area contributed by atoms with Crippen molar-refractivity contribution in [1.29, 1.82) is 0 Å². The minimum absolute atomic E-state index is 0.0193. The van der Waals surface area contributed by atoms with Gasteiger partial charge in [-0.3, -0.25) is 19.8 Å². The molecule has 1 fully saturated rings. The third-order valence-electron chi connectivity index (χ3n) is 7.98. The molecule has 17 nitrogen and oxygen atoms in total. The number of alkyl halides is 2. The number of hydrogen-bond acceptors (Lipinski definition) is 14. The van der Waals surface area contributed by atoms with Gasteiger partial charge in [0.25, 0.3) is 11.8 Å². The molecule has 1 aromatic carbocycles. The van der Waals surface area contributed by atoms with E-state index in [4.69, 9.17) is 19.0 Å². The molecule has 3 aromatic heterocycles. The van der Waals surface area contributed by atoms with Crippen LogP contribution in [0.5, 0.6) is 5.75 Å². The largest absolute Gasteiger partial charge is 0.497 e. The Bertz CT molecular complexity index is 2170. The molecule has 4 aromatic rings. The van der Waals surface area contributed by atoms with E-state index in [-0.39, 0.29) is 59.0 Å². The lowest BCUT2D eigenvalue weighted by Crippen LogP contribution is -2.71. The number of thioether (sulfide) groups is 1. The normalized spacial score (nSPS) is 17.1. The summed E-state index contributed by atoms with van der Waals surface area (Å²) in [5, 5.41) is 8.28. The van der Waals surface area contributed by atoms with E-state index in [1.165, 1.54) is 29.8 Å². The van der Waals surface area contributed by atoms with Crippen molar-refractivity contribution >= 4 is 69.2 Å². The number of ether oxygens (including phenoxy) is 3.